The number of aromatic nitrogens is 5. The second-order valence-electron chi connectivity index (χ2n) is 9.96. The third-order valence-electron chi connectivity index (χ3n) is 7.73. The molecule has 5 rings (SSSR count). The quantitative estimate of drug-likeness (QED) is 0.540. The van der Waals surface area contributed by atoms with Gasteiger partial charge in [0.2, 0.25) is 0 Å². The van der Waals surface area contributed by atoms with Gasteiger partial charge in [-0.2, -0.15) is 0 Å². The Hall–Kier alpha value is -3.07. The lowest BCUT2D eigenvalue weighted by Gasteiger charge is -2.36. The van der Waals surface area contributed by atoms with Crippen molar-refractivity contribution in [1.29, 1.82) is 0 Å². The van der Waals surface area contributed by atoms with E-state index in [-0.39, 0.29) is 29.5 Å². The molecule has 3 aromatic rings. The van der Waals surface area contributed by atoms with E-state index in [4.69, 9.17) is 4.74 Å². The van der Waals surface area contributed by atoms with Crippen molar-refractivity contribution in [2.75, 3.05) is 19.7 Å². The summed E-state index contributed by atoms with van der Waals surface area (Å²) in [6, 6.07) is 6.01. The number of aromatic amines is 1. The molecule has 1 atom stereocenters. The van der Waals surface area contributed by atoms with E-state index in [9.17, 15) is 9.59 Å². The van der Waals surface area contributed by atoms with Gasteiger partial charge in [0.25, 0.3) is 5.56 Å². The first-order valence-electron chi connectivity index (χ1n) is 12.8. The minimum Gasteiger partial charge on any atom is -0.466 e. The molecule has 1 aliphatic carbocycles. The van der Waals surface area contributed by atoms with Crippen LogP contribution in [0, 0.1) is 19.8 Å². The highest BCUT2D eigenvalue weighted by Crippen LogP contribution is 2.35. The van der Waals surface area contributed by atoms with Crippen molar-refractivity contribution in [3.63, 3.8) is 0 Å². The van der Waals surface area contributed by atoms with Crippen LogP contribution in [0.1, 0.15) is 80.0 Å². The Morgan fingerprint density at radius 1 is 1.11 bits per heavy atom. The van der Waals surface area contributed by atoms with E-state index in [1.54, 1.807) is 0 Å². The maximum atomic E-state index is 13.5. The zero-order valence-electron chi connectivity index (χ0n) is 20.8. The van der Waals surface area contributed by atoms with Gasteiger partial charge >= 0.3 is 5.97 Å². The van der Waals surface area contributed by atoms with Crippen LogP contribution >= 0.6 is 0 Å². The number of ether oxygens (including phenoxy) is 1. The number of esters is 1. The molecule has 1 saturated heterocycles. The molecule has 0 radical (unpaired) electrons. The number of likely N-dealkylation sites (tertiary alicyclic amines) is 1. The fourth-order valence-corrected chi connectivity index (χ4v) is 5.64. The van der Waals surface area contributed by atoms with Crippen LogP contribution in [0.3, 0.4) is 0 Å². The zero-order valence-corrected chi connectivity index (χ0v) is 20.8. The highest BCUT2D eigenvalue weighted by molar-refractivity contribution is 5.81. The summed E-state index contributed by atoms with van der Waals surface area (Å²) in [5.41, 5.74) is 3.67. The Morgan fingerprint density at radius 3 is 2.54 bits per heavy atom. The minimum absolute atomic E-state index is 0.113. The number of carbonyl (C=O) groups is 1. The largest absolute Gasteiger partial charge is 0.466 e. The van der Waals surface area contributed by atoms with E-state index in [0.29, 0.717) is 43.9 Å². The summed E-state index contributed by atoms with van der Waals surface area (Å²) in [5.74, 6) is 0.465. The van der Waals surface area contributed by atoms with Gasteiger partial charge in [0.05, 0.1) is 18.6 Å². The summed E-state index contributed by atoms with van der Waals surface area (Å²) in [6.07, 6.45) is 5.78. The number of pyridine rings is 1. The van der Waals surface area contributed by atoms with Gasteiger partial charge in [0, 0.05) is 24.2 Å². The fourth-order valence-electron chi connectivity index (χ4n) is 5.64. The molecule has 9 nitrogen and oxygen atoms in total. The van der Waals surface area contributed by atoms with Crippen molar-refractivity contribution in [3.8, 4) is 0 Å². The molecule has 0 spiro atoms. The Balaban J connectivity index is 1.56. The number of H-pyrrole nitrogens is 1. The SMILES string of the molecule is CCOC(=O)C1CCN([C@@H](c2cc3cc(C)c(C)cc3[nH]c2=O)c2nnnn2C2CCCC2)CC1. The van der Waals surface area contributed by atoms with E-state index in [1.807, 2.05) is 30.7 Å². The van der Waals surface area contributed by atoms with E-state index in [1.165, 1.54) is 5.56 Å². The molecule has 1 aromatic carbocycles. The van der Waals surface area contributed by atoms with E-state index >= 15 is 0 Å². The van der Waals surface area contributed by atoms with Gasteiger partial charge in [-0.05, 0) is 91.6 Å². The summed E-state index contributed by atoms with van der Waals surface area (Å²) in [5, 5.41) is 13.9. The maximum Gasteiger partial charge on any atom is 0.309 e. The molecule has 35 heavy (non-hydrogen) atoms. The molecular formula is C26H34N6O3. The standard InChI is InChI=1S/C26H34N6O3/c1-4-35-26(34)18-9-11-31(12-10-18)23(24-28-29-30-32(24)20-7-5-6-8-20)21-15-19-13-16(2)17(3)14-22(19)27-25(21)33/h13-15,18,20,23H,4-12H2,1-3H3,(H,27,33)/t23-/m0/s1. The van der Waals surface area contributed by atoms with Crippen LogP contribution in [-0.4, -0.2) is 55.8 Å². The van der Waals surface area contributed by atoms with Crippen LogP contribution in [0.25, 0.3) is 10.9 Å². The van der Waals surface area contributed by atoms with Crippen LogP contribution in [0.4, 0.5) is 0 Å². The predicted octanol–water partition coefficient (Wildman–Crippen LogP) is 3.61. The molecule has 0 bridgehead atoms. The maximum absolute atomic E-state index is 13.5. The topological polar surface area (TPSA) is 106 Å². The Kier molecular flexibility index (Phi) is 6.69. The number of tetrazole rings is 1. The van der Waals surface area contributed by atoms with E-state index in [2.05, 4.69) is 38.4 Å². The lowest BCUT2D eigenvalue weighted by atomic mass is 9.93. The molecule has 2 aromatic heterocycles. The highest BCUT2D eigenvalue weighted by atomic mass is 16.5. The summed E-state index contributed by atoms with van der Waals surface area (Å²) < 4.78 is 7.20. The second-order valence-corrected chi connectivity index (χ2v) is 9.96. The smallest absolute Gasteiger partial charge is 0.309 e. The number of benzene rings is 1. The van der Waals surface area contributed by atoms with Crippen molar-refractivity contribution < 1.29 is 9.53 Å². The number of hydrogen-bond acceptors (Lipinski definition) is 7. The Labute approximate surface area is 204 Å². The third-order valence-corrected chi connectivity index (χ3v) is 7.73. The molecule has 1 aliphatic heterocycles. The van der Waals surface area contributed by atoms with Gasteiger partial charge in [-0.1, -0.05) is 12.8 Å². The summed E-state index contributed by atoms with van der Waals surface area (Å²) >= 11 is 0. The van der Waals surface area contributed by atoms with Crippen LogP contribution in [0.2, 0.25) is 0 Å². The number of aryl methyl sites for hydroxylation is 2. The fraction of sp³-hybridized carbons (Fsp3) is 0.577. The van der Waals surface area contributed by atoms with Gasteiger partial charge in [-0.25, -0.2) is 4.68 Å². The molecule has 1 N–H and O–H groups in total. The number of fused-ring (bicyclic) bond motifs is 1. The monoisotopic (exact) mass is 478 g/mol. The first-order valence-corrected chi connectivity index (χ1v) is 12.8. The van der Waals surface area contributed by atoms with Gasteiger partial charge in [-0.15, -0.1) is 5.10 Å². The van der Waals surface area contributed by atoms with Crippen molar-refractivity contribution in [2.45, 2.75) is 71.4 Å². The first-order chi connectivity index (χ1) is 17.0. The Morgan fingerprint density at radius 2 is 1.83 bits per heavy atom. The van der Waals surface area contributed by atoms with Crippen LogP contribution in [0.5, 0.6) is 0 Å². The molecule has 0 unspecified atom stereocenters. The number of nitrogens with one attached hydrogen (secondary N) is 1. The number of hydrogen-bond donors (Lipinski definition) is 1. The number of piperidine rings is 1. The number of nitrogens with zero attached hydrogens (tertiary/aromatic N) is 5. The molecule has 1 saturated carbocycles. The minimum atomic E-state index is -0.386. The van der Waals surface area contributed by atoms with Gasteiger partial charge in [-0.3, -0.25) is 14.5 Å². The highest BCUT2D eigenvalue weighted by Gasteiger charge is 2.36. The lowest BCUT2D eigenvalue weighted by molar-refractivity contribution is -0.149. The molecule has 2 aliphatic rings. The first kappa shape index (κ1) is 23.7. The zero-order chi connectivity index (χ0) is 24.5. The lowest BCUT2D eigenvalue weighted by Crippen LogP contribution is -2.42. The van der Waals surface area contributed by atoms with Gasteiger partial charge in [0.15, 0.2) is 5.82 Å². The van der Waals surface area contributed by atoms with E-state index < -0.39 is 0 Å². The number of rotatable bonds is 6. The van der Waals surface area contributed by atoms with Crippen molar-refractivity contribution in [1.82, 2.24) is 30.1 Å². The Bertz CT molecular complexity index is 1270. The van der Waals surface area contributed by atoms with Crippen LogP contribution in [0.15, 0.2) is 23.0 Å². The van der Waals surface area contributed by atoms with E-state index in [0.717, 1.165) is 42.1 Å². The third kappa shape index (κ3) is 4.61. The van der Waals surface area contributed by atoms with Crippen LogP contribution in [-0.2, 0) is 9.53 Å². The number of carbonyl (C=O) groups excluding carboxylic acids is 1. The average Bonchev–Trinajstić information content (AvgIpc) is 3.54. The van der Waals surface area contributed by atoms with Gasteiger partial charge < -0.3 is 9.72 Å². The molecule has 2 fully saturated rings. The van der Waals surface area contributed by atoms with Crippen molar-refractivity contribution in [3.05, 3.63) is 51.1 Å². The van der Waals surface area contributed by atoms with Crippen molar-refractivity contribution >= 4 is 16.9 Å². The molecule has 9 heteroatoms. The van der Waals surface area contributed by atoms with Gasteiger partial charge in [0.1, 0.15) is 6.04 Å². The normalized spacial score (nSPS) is 18.8. The van der Waals surface area contributed by atoms with Crippen molar-refractivity contribution in [2.24, 2.45) is 5.92 Å². The molecule has 186 valence electrons. The average molecular weight is 479 g/mol. The second kappa shape index (κ2) is 9.89. The predicted molar refractivity (Wildman–Crippen MR) is 132 cm³/mol. The molecule has 3 heterocycles. The summed E-state index contributed by atoms with van der Waals surface area (Å²) in [4.78, 5) is 31.2. The van der Waals surface area contributed by atoms with Crippen LogP contribution < -0.4 is 5.56 Å². The molecule has 0 amide bonds. The molecular weight excluding hydrogens is 444 g/mol. The summed E-state index contributed by atoms with van der Waals surface area (Å²) in [7, 11) is 0. The summed E-state index contributed by atoms with van der Waals surface area (Å²) in [6.45, 7) is 7.68.